The van der Waals surface area contributed by atoms with E-state index in [-0.39, 0.29) is 0 Å². The molecule has 0 aliphatic carbocycles. The lowest BCUT2D eigenvalue weighted by atomic mass is 10.0. The van der Waals surface area contributed by atoms with E-state index in [4.69, 9.17) is 9.47 Å². The molecule has 0 aromatic heterocycles. The van der Waals surface area contributed by atoms with E-state index in [1.807, 2.05) is 0 Å². The molecule has 2 atom stereocenters. The minimum atomic E-state index is 0.334. The third-order valence-electron chi connectivity index (χ3n) is 4.70. The zero-order valence-corrected chi connectivity index (χ0v) is 14.2. The molecule has 0 spiro atoms. The van der Waals surface area contributed by atoms with Crippen LogP contribution in [0.4, 0.5) is 0 Å². The monoisotopic (exact) mass is 298 g/mol. The van der Waals surface area contributed by atoms with Crippen LogP contribution >= 0.6 is 0 Å². The maximum absolute atomic E-state index is 5.99. The third-order valence-corrected chi connectivity index (χ3v) is 4.70. The quantitative estimate of drug-likeness (QED) is 0.720. The molecule has 0 amide bonds. The molecule has 0 aromatic carbocycles. The molecular formula is C17H34N2O2. The molecule has 0 radical (unpaired) electrons. The van der Waals surface area contributed by atoms with Crippen LogP contribution in [0.2, 0.25) is 0 Å². The highest BCUT2D eigenvalue weighted by atomic mass is 16.5. The van der Waals surface area contributed by atoms with Crippen molar-refractivity contribution in [2.75, 3.05) is 45.9 Å². The molecule has 2 rings (SSSR count). The summed E-state index contributed by atoms with van der Waals surface area (Å²) < 4.78 is 11.7. The Balaban J connectivity index is 1.67. The standard InChI is InChI=1S/C17H34N2O2/c1-15(2)20-11-9-18-10-12-21-17(14-18)13-16(3)19-7-5-4-6-8-19/h15-17H,4-14H2,1-3H3/t16-,17?/m0/s1. The van der Waals surface area contributed by atoms with Crippen molar-refractivity contribution < 1.29 is 9.47 Å². The van der Waals surface area contributed by atoms with Crippen molar-refractivity contribution in [1.82, 2.24) is 9.80 Å². The predicted molar refractivity (Wildman–Crippen MR) is 86.8 cm³/mol. The van der Waals surface area contributed by atoms with Crippen molar-refractivity contribution >= 4 is 0 Å². The Kier molecular flexibility index (Phi) is 7.44. The van der Waals surface area contributed by atoms with Gasteiger partial charge >= 0.3 is 0 Å². The van der Waals surface area contributed by atoms with Gasteiger partial charge in [-0.3, -0.25) is 4.90 Å². The van der Waals surface area contributed by atoms with Gasteiger partial charge in [-0.25, -0.2) is 0 Å². The topological polar surface area (TPSA) is 24.9 Å². The molecule has 2 fully saturated rings. The van der Waals surface area contributed by atoms with Crippen LogP contribution < -0.4 is 0 Å². The van der Waals surface area contributed by atoms with Gasteiger partial charge in [-0.05, 0) is 53.1 Å². The number of likely N-dealkylation sites (tertiary alicyclic amines) is 1. The SMILES string of the molecule is CC(C)OCCN1CCOC(C[C@H](C)N2CCCCC2)C1. The maximum Gasteiger partial charge on any atom is 0.0717 e. The molecular weight excluding hydrogens is 264 g/mol. The summed E-state index contributed by atoms with van der Waals surface area (Å²) in [5.41, 5.74) is 0. The first-order valence-electron chi connectivity index (χ1n) is 8.84. The first-order chi connectivity index (χ1) is 10.1. The average molecular weight is 298 g/mol. The molecule has 0 saturated carbocycles. The summed E-state index contributed by atoms with van der Waals surface area (Å²) in [6, 6.07) is 0.655. The van der Waals surface area contributed by atoms with Crippen molar-refractivity contribution in [3.05, 3.63) is 0 Å². The van der Waals surface area contributed by atoms with E-state index in [9.17, 15) is 0 Å². The van der Waals surface area contributed by atoms with Gasteiger partial charge in [-0.1, -0.05) is 6.42 Å². The van der Waals surface area contributed by atoms with Gasteiger partial charge in [-0.15, -0.1) is 0 Å². The Morgan fingerprint density at radius 3 is 2.57 bits per heavy atom. The zero-order valence-electron chi connectivity index (χ0n) is 14.2. The second-order valence-electron chi connectivity index (χ2n) is 6.89. The summed E-state index contributed by atoms with van der Waals surface area (Å²) in [7, 11) is 0. The van der Waals surface area contributed by atoms with Crippen molar-refractivity contribution in [3.8, 4) is 0 Å². The van der Waals surface area contributed by atoms with Crippen molar-refractivity contribution in [2.24, 2.45) is 0 Å². The van der Waals surface area contributed by atoms with Crippen LogP contribution in [0.1, 0.15) is 46.5 Å². The number of hydrogen-bond donors (Lipinski definition) is 0. The molecule has 2 heterocycles. The largest absolute Gasteiger partial charge is 0.377 e. The number of hydrogen-bond acceptors (Lipinski definition) is 4. The fourth-order valence-electron chi connectivity index (χ4n) is 3.43. The van der Waals surface area contributed by atoms with Crippen LogP contribution in [-0.4, -0.2) is 74.0 Å². The van der Waals surface area contributed by atoms with E-state index in [0.717, 1.165) is 32.8 Å². The molecule has 0 aromatic rings. The summed E-state index contributed by atoms with van der Waals surface area (Å²) in [6.07, 6.45) is 6.05. The summed E-state index contributed by atoms with van der Waals surface area (Å²) in [4.78, 5) is 5.15. The summed E-state index contributed by atoms with van der Waals surface area (Å²) in [5.74, 6) is 0. The summed E-state index contributed by atoms with van der Waals surface area (Å²) in [6.45, 7) is 14.0. The molecule has 124 valence electrons. The molecule has 1 unspecified atom stereocenters. The molecule has 0 bridgehead atoms. The van der Waals surface area contributed by atoms with Gasteiger partial charge < -0.3 is 14.4 Å². The van der Waals surface area contributed by atoms with Gasteiger partial charge in [0.1, 0.15) is 0 Å². The first-order valence-corrected chi connectivity index (χ1v) is 8.84. The first kappa shape index (κ1) is 17.2. The van der Waals surface area contributed by atoms with Crippen LogP contribution in [0.15, 0.2) is 0 Å². The Hall–Kier alpha value is -0.160. The highest BCUT2D eigenvalue weighted by Gasteiger charge is 2.25. The van der Waals surface area contributed by atoms with Gasteiger partial charge in [0.15, 0.2) is 0 Å². The van der Waals surface area contributed by atoms with E-state index in [1.165, 1.54) is 38.8 Å². The minimum Gasteiger partial charge on any atom is -0.377 e. The van der Waals surface area contributed by atoms with Crippen molar-refractivity contribution in [1.29, 1.82) is 0 Å². The fraction of sp³-hybridized carbons (Fsp3) is 1.00. The van der Waals surface area contributed by atoms with Gasteiger partial charge in [0.2, 0.25) is 0 Å². The van der Waals surface area contributed by atoms with Crippen molar-refractivity contribution in [3.63, 3.8) is 0 Å². The zero-order chi connectivity index (χ0) is 15.1. The summed E-state index contributed by atoms with van der Waals surface area (Å²) in [5, 5.41) is 0. The number of piperidine rings is 1. The molecule has 21 heavy (non-hydrogen) atoms. The van der Waals surface area contributed by atoms with Gasteiger partial charge in [0.25, 0.3) is 0 Å². The molecule has 4 nitrogen and oxygen atoms in total. The second-order valence-corrected chi connectivity index (χ2v) is 6.89. The molecule has 4 heteroatoms. The lowest BCUT2D eigenvalue weighted by molar-refractivity contribution is -0.0522. The fourth-order valence-corrected chi connectivity index (χ4v) is 3.43. The van der Waals surface area contributed by atoms with Gasteiger partial charge in [0, 0.05) is 25.7 Å². The van der Waals surface area contributed by atoms with E-state index < -0.39 is 0 Å². The van der Waals surface area contributed by atoms with E-state index in [2.05, 4.69) is 30.6 Å². The Morgan fingerprint density at radius 1 is 1.10 bits per heavy atom. The third kappa shape index (κ3) is 6.23. The van der Waals surface area contributed by atoms with Crippen LogP contribution in [0.3, 0.4) is 0 Å². The van der Waals surface area contributed by atoms with E-state index in [1.54, 1.807) is 0 Å². The van der Waals surface area contributed by atoms with Crippen LogP contribution in [0.25, 0.3) is 0 Å². The maximum atomic E-state index is 5.99. The number of rotatable bonds is 7. The van der Waals surface area contributed by atoms with Gasteiger partial charge in [0.05, 0.1) is 25.4 Å². The second kappa shape index (κ2) is 9.09. The van der Waals surface area contributed by atoms with E-state index >= 15 is 0 Å². The smallest absolute Gasteiger partial charge is 0.0717 e. The van der Waals surface area contributed by atoms with Crippen LogP contribution in [-0.2, 0) is 9.47 Å². The molecule has 2 aliphatic heterocycles. The number of morpholine rings is 1. The van der Waals surface area contributed by atoms with Crippen LogP contribution in [0.5, 0.6) is 0 Å². The number of nitrogens with zero attached hydrogens (tertiary/aromatic N) is 2. The highest BCUT2D eigenvalue weighted by molar-refractivity contribution is 4.79. The Bertz CT molecular complexity index is 280. The molecule has 2 saturated heterocycles. The Labute approximate surface area is 130 Å². The Morgan fingerprint density at radius 2 is 1.86 bits per heavy atom. The lowest BCUT2D eigenvalue weighted by Crippen LogP contribution is -2.47. The van der Waals surface area contributed by atoms with E-state index in [0.29, 0.717) is 18.2 Å². The average Bonchev–Trinajstić information content (AvgIpc) is 2.48. The highest BCUT2D eigenvalue weighted by Crippen LogP contribution is 2.18. The van der Waals surface area contributed by atoms with Crippen molar-refractivity contribution in [2.45, 2.75) is 64.7 Å². The lowest BCUT2D eigenvalue weighted by Gasteiger charge is -2.38. The molecule has 0 N–H and O–H groups in total. The van der Waals surface area contributed by atoms with Gasteiger partial charge in [-0.2, -0.15) is 0 Å². The molecule has 2 aliphatic rings. The van der Waals surface area contributed by atoms with Crippen LogP contribution in [0, 0.1) is 0 Å². The summed E-state index contributed by atoms with van der Waals surface area (Å²) >= 11 is 0. The number of ether oxygens (including phenoxy) is 2. The minimum absolute atomic E-state index is 0.334. The normalized spacial score (nSPS) is 27.1. The predicted octanol–water partition coefficient (Wildman–Crippen LogP) is 2.38.